The lowest BCUT2D eigenvalue weighted by atomic mass is 10.2. The molecule has 0 spiro atoms. The molecule has 0 aliphatic carbocycles. The van der Waals surface area contributed by atoms with Gasteiger partial charge in [0.2, 0.25) is 5.88 Å². The molecule has 0 amide bonds. The fourth-order valence-corrected chi connectivity index (χ4v) is 0.995. The Balaban J connectivity index is 2.91. The van der Waals surface area contributed by atoms with Gasteiger partial charge in [0.05, 0.1) is 6.10 Å². The SMILES string of the molecule is Cc1cc(C=O)cnc1OC(C)C. The van der Waals surface area contributed by atoms with E-state index >= 15 is 0 Å². The maximum absolute atomic E-state index is 10.4. The van der Waals surface area contributed by atoms with Crippen molar-refractivity contribution in [2.24, 2.45) is 0 Å². The Kier molecular flexibility index (Phi) is 3.01. The molecule has 0 fully saturated rings. The summed E-state index contributed by atoms with van der Waals surface area (Å²) in [5.74, 6) is 0.598. The first-order chi connectivity index (χ1) is 6.13. The second-order valence-corrected chi connectivity index (χ2v) is 3.18. The number of aryl methyl sites for hydroxylation is 1. The molecular formula is C10H13NO2. The van der Waals surface area contributed by atoms with E-state index in [9.17, 15) is 4.79 Å². The van der Waals surface area contributed by atoms with Gasteiger partial charge in [-0.15, -0.1) is 0 Å². The summed E-state index contributed by atoms with van der Waals surface area (Å²) in [5, 5.41) is 0. The third-order valence-electron chi connectivity index (χ3n) is 1.53. The number of pyridine rings is 1. The summed E-state index contributed by atoms with van der Waals surface area (Å²) in [6, 6.07) is 1.76. The molecule has 70 valence electrons. The first-order valence-corrected chi connectivity index (χ1v) is 4.22. The van der Waals surface area contributed by atoms with E-state index in [0.29, 0.717) is 11.4 Å². The van der Waals surface area contributed by atoms with Crippen molar-refractivity contribution in [1.82, 2.24) is 4.98 Å². The van der Waals surface area contributed by atoms with E-state index in [-0.39, 0.29) is 6.10 Å². The van der Waals surface area contributed by atoms with Crippen LogP contribution in [0.1, 0.15) is 29.8 Å². The molecule has 0 saturated heterocycles. The summed E-state index contributed by atoms with van der Waals surface area (Å²) in [4.78, 5) is 14.4. The van der Waals surface area contributed by atoms with E-state index in [2.05, 4.69) is 4.98 Å². The third-order valence-corrected chi connectivity index (χ3v) is 1.53. The number of aldehydes is 1. The van der Waals surface area contributed by atoms with E-state index in [1.54, 1.807) is 6.07 Å². The number of rotatable bonds is 3. The molecule has 0 unspecified atom stereocenters. The fraction of sp³-hybridized carbons (Fsp3) is 0.400. The van der Waals surface area contributed by atoms with Crippen molar-refractivity contribution in [2.45, 2.75) is 26.9 Å². The Morgan fingerprint density at radius 1 is 1.54 bits per heavy atom. The smallest absolute Gasteiger partial charge is 0.216 e. The Morgan fingerprint density at radius 3 is 2.69 bits per heavy atom. The molecule has 1 rings (SSSR count). The van der Waals surface area contributed by atoms with Gasteiger partial charge in [0, 0.05) is 17.3 Å². The Labute approximate surface area is 77.8 Å². The number of carbonyl (C=O) groups excluding carboxylic acids is 1. The lowest BCUT2D eigenvalue weighted by Gasteiger charge is -2.10. The minimum atomic E-state index is 0.105. The van der Waals surface area contributed by atoms with Crippen LogP contribution in [0.15, 0.2) is 12.3 Å². The maximum Gasteiger partial charge on any atom is 0.216 e. The molecule has 0 atom stereocenters. The number of nitrogens with zero attached hydrogens (tertiary/aromatic N) is 1. The average Bonchev–Trinajstić information content (AvgIpc) is 2.08. The monoisotopic (exact) mass is 179 g/mol. The largest absolute Gasteiger partial charge is 0.475 e. The standard InChI is InChI=1S/C10H13NO2/c1-7(2)13-10-8(3)4-9(6-12)5-11-10/h4-7H,1-3H3. The minimum Gasteiger partial charge on any atom is -0.475 e. The molecule has 0 saturated carbocycles. The molecule has 0 bridgehead atoms. The second kappa shape index (κ2) is 4.03. The highest BCUT2D eigenvalue weighted by molar-refractivity contribution is 5.74. The van der Waals surface area contributed by atoms with Crippen LogP contribution in [0.25, 0.3) is 0 Å². The molecule has 0 aromatic carbocycles. The van der Waals surface area contributed by atoms with Crippen molar-refractivity contribution in [1.29, 1.82) is 0 Å². The van der Waals surface area contributed by atoms with Crippen LogP contribution in [-0.4, -0.2) is 17.4 Å². The molecule has 1 aromatic rings. The van der Waals surface area contributed by atoms with Crippen molar-refractivity contribution < 1.29 is 9.53 Å². The van der Waals surface area contributed by atoms with Gasteiger partial charge in [-0.2, -0.15) is 0 Å². The molecule has 13 heavy (non-hydrogen) atoms. The summed E-state index contributed by atoms with van der Waals surface area (Å²) in [6.45, 7) is 5.75. The number of ether oxygens (including phenoxy) is 1. The minimum absolute atomic E-state index is 0.105. The average molecular weight is 179 g/mol. The second-order valence-electron chi connectivity index (χ2n) is 3.18. The zero-order valence-corrected chi connectivity index (χ0v) is 8.07. The quantitative estimate of drug-likeness (QED) is 0.666. The first-order valence-electron chi connectivity index (χ1n) is 4.22. The summed E-state index contributed by atoms with van der Waals surface area (Å²) in [6.07, 6.45) is 2.39. The zero-order chi connectivity index (χ0) is 9.84. The van der Waals surface area contributed by atoms with E-state index in [0.717, 1.165) is 11.8 Å². The van der Waals surface area contributed by atoms with Crippen LogP contribution < -0.4 is 4.74 Å². The summed E-state index contributed by atoms with van der Waals surface area (Å²) >= 11 is 0. The third kappa shape index (κ3) is 2.54. The van der Waals surface area contributed by atoms with E-state index in [4.69, 9.17) is 4.74 Å². The number of aromatic nitrogens is 1. The van der Waals surface area contributed by atoms with Crippen LogP contribution in [-0.2, 0) is 0 Å². The van der Waals surface area contributed by atoms with Crippen molar-refractivity contribution in [3.8, 4) is 5.88 Å². The lowest BCUT2D eigenvalue weighted by molar-refractivity contribution is 0.112. The van der Waals surface area contributed by atoms with Crippen molar-refractivity contribution >= 4 is 6.29 Å². The van der Waals surface area contributed by atoms with E-state index in [1.165, 1.54) is 6.20 Å². The molecule has 0 N–H and O–H groups in total. The van der Waals surface area contributed by atoms with Gasteiger partial charge in [-0.3, -0.25) is 4.79 Å². The zero-order valence-electron chi connectivity index (χ0n) is 8.07. The molecular weight excluding hydrogens is 166 g/mol. The molecule has 3 heteroatoms. The summed E-state index contributed by atoms with van der Waals surface area (Å²) in [7, 11) is 0. The normalized spacial score (nSPS) is 10.2. The predicted molar refractivity (Wildman–Crippen MR) is 50.1 cm³/mol. The van der Waals surface area contributed by atoms with Gasteiger partial charge < -0.3 is 4.74 Å². The fourth-order valence-electron chi connectivity index (χ4n) is 0.995. The molecule has 1 aromatic heterocycles. The number of hydrogen-bond acceptors (Lipinski definition) is 3. The molecule has 3 nitrogen and oxygen atoms in total. The number of carbonyl (C=O) groups is 1. The van der Waals surface area contributed by atoms with Gasteiger partial charge in [-0.1, -0.05) is 0 Å². The van der Waals surface area contributed by atoms with Gasteiger partial charge in [0.1, 0.15) is 0 Å². The van der Waals surface area contributed by atoms with Crippen LogP contribution in [0.2, 0.25) is 0 Å². The van der Waals surface area contributed by atoms with Gasteiger partial charge in [-0.05, 0) is 26.8 Å². The van der Waals surface area contributed by atoms with Crippen molar-refractivity contribution in [3.05, 3.63) is 23.4 Å². The van der Waals surface area contributed by atoms with Gasteiger partial charge in [0.15, 0.2) is 6.29 Å². The molecule has 0 aliphatic heterocycles. The highest BCUT2D eigenvalue weighted by atomic mass is 16.5. The van der Waals surface area contributed by atoms with Gasteiger partial charge in [0.25, 0.3) is 0 Å². The van der Waals surface area contributed by atoms with E-state index in [1.807, 2.05) is 20.8 Å². The summed E-state index contributed by atoms with van der Waals surface area (Å²) < 4.78 is 5.42. The Bertz CT molecular complexity index is 308. The van der Waals surface area contributed by atoms with Crippen LogP contribution >= 0.6 is 0 Å². The van der Waals surface area contributed by atoms with Crippen molar-refractivity contribution in [3.63, 3.8) is 0 Å². The van der Waals surface area contributed by atoms with Crippen LogP contribution in [0.3, 0.4) is 0 Å². The Morgan fingerprint density at radius 2 is 2.23 bits per heavy atom. The highest BCUT2D eigenvalue weighted by Crippen LogP contribution is 2.15. The molecule has 0 aliphatic rings. The van der Waals surface area contributed by atoms with Crippen molar-refractivity contribution in [2.75, 3.05) is 0 Å². The maximum atomic E-state index is 10.4. The Hall–Kier alpha value is -1.38. The topological polar surface area (TPSA) is 39.2 Å². The molecule has 0 radical (unpaired) electrons. The molecule has 1 heterocycles. The van der Waals surface area contributed by atoms with E-state index < -0.39 is 0 Å². The van der Waals surface area contributed by atoms with Gasteiger partial charge >= 0.3 is 0 Å². The first kappa shape index (κ1) is 9.71. The highest BCUT2D eigenvalue weighted by Gasteiger charge is 2.03. The van der Waals surface area contributed by atoms with Crippen LogP contribution in [0.4, 0.5) is 0 Å². The van der Waals surface area contributed by atoms with Crippen LogP contribution in [0.5, 0.6) is 5.88 Å². The van der Waals surface area contributed by atoms with Gasteiger partial charge in [-0.25, -0.2) is 4.98 Å². The number of hydrogen-bond donors (Lipinski definition) is 0. The predicted octanol–water partition coefficient (Wildman–Crippen LogP) is 1.99. The lowest BCUT2D eigenvalue weighted by Crippen LogP contribution is -2.08. The van der Waals surface area contributed by atoms with Crippen LogP contribution in [0, 0.1) is 6.92 Å². The summed E-state index contributed by atoms with van der Waals surface area (Å²) in [5.41, 5.74) is 1.46.